The zero-order chi connectivity index (χ0) is 25.0. The predicted octanol–water partition coefficient (Wildman–Crippen LogP) is 7.25. The van der Waals surface area contributed by atoms with Gasteiger partial charge in [0.25, 0.3) is 3.79 Å². The molecule has 9 heteroatoms. The Morgan fingerprint density at radius 3 is 1.55 bits per heavy atom. The molecule has 0 fully saturated rings. The highest BCUT2D eigenvalue weighted by Gasteiger charge is 2.33. The van der Waals surface area contributed by atoms with Gasteiger partial charge in [-0.05, 0) is 6.42 Å². The molecule has 0 saturated heterocycles. The largest absolute Gasteiger partial charge is 0.462 e. The molecule has 0 aromatic carbocycles. The molecular weight excluding hydrogens is 491 g/mol. The Balaban J connectivity index is 3.73. The van der Waals surface area contributed by atoms with Crippen LogP contribution in [0, 0.1) is 0 Å². The van der Waals surface area contributed by atoms with Gasteiger partial charge in [-0.15, -0.1) is 0 Å². The van der Waals surface area contributed by atoms with E-state index in [1.54, 1.807) is 0 Å². The smallest absolute Gasteiger partial charge is 0.358 e. The summed E-state index contributed by atoms with van der Waals surface area (Å²) in [5, 5.41) is 0. The normalized spacial score (nSPS) is 12.3. The number of carbonyl (C=O) groups is 3. The number of rotatable bonds is 20. The first-order chi connectivity index (χ1) is 15.7. The molecule has 0 heterocycles. The van der Waals surface area contributed by atoms with Gasteiger partial charge in [0.2, 0.25) is 0 Å². The van der Waals surface area contributed by atoms with E-state index in [1.807, 2.05) is 0 Å². The number of esters is 3. The molecule has 194 valence electrons. The van der Waals surface area contributed by atoms with Gasteiger partial charge in [0.15, 0.2) is 6.10 Å². The first-order valence-corrected chi connectivity index (χ1v) is 13.4. The fraction of sp³-hybridized carbons (Fsp3) is 0.875. The van der Waals surface area contributed by atoms with E-state index >= 15 is 0 Å². The molecule has 0 bridgehead atoms. The van der Waals surface area contributed by atoms with Crippen molar-refractivity contribution in [3.8, 4) is 0 Å². The number of alkyl halides is 3. The number of hydrogen-bond donors (Lipinski definition) is 0. The second kappa shape index (κ2) is 20.6. The summed E-state index contributed by atoms with van der Waals surface area (Å²) in [6, 6.07) is 0. The molecule has 1 atom stereocenters. The molecule has 0 radical (unpaired) electrons. The van der Waals surface area contributed by atoms with Gasteiger partial charge < -0.3 is 14.2 Å². The number of hydrogen-bond acceptors (Lipinski definition) is 6. The molecule has 0 rings (SSSR count). The third kappa shape index (κ3) is 21.5. The molecule has 0 aromatic heterocycles. The van der Waals surface area contributed by atoms with Crippen molar-refractivity contribution < 1.29 is 28.6 Å². The number of unbranched alkanes of at least 4 members (excludes halogenated alkanes) is 13. The van der Waals surface area contributed by atoms with Crippen LogP contribution in [0.2, 0.25) is 0 Å². The topological polar surface area (TPSA) is 78.9 Å². The first-order valence-electron chi connectivity index (χ1n) is 12.2. The second-order valence-corrected chi connectivity index (χ2v) is 10.6. The van der Waals surface area contributed by atoms with E-state index in [2.05, 4.69) is 6.92 Å². The molecule has 0 aliphatic heterocycles. The Kier molecular flexibility index (Phi) is 20.2. The molecule has 0 saturated carbocycles. The molecule has 6 nitrogen and oxygen atoms in total. The third-order valence-corrected chi connectivity index (χ3v) is 5.59. The van der Waals surface area contributed by atoms with Gasteiger partial charge in [0.05, 0.1) is 0 Å². The Hall–Kier alpha value is -0.720. The fourth-order valence-electron chi connectivity index (χ4n) is 3.32. The summed E-state index contributed by atoms with van der Waals surface area (Å²) >= 11 is 16.2. The number of carbonyl (C=O) groups excluding carboxylic acids is 3. The maximum Gasteiger partial charge on any atom is 0.358 e. The minimum atomic E-state index is -2.23. The highest BCUT2D eigenvalue weighted by atomic mass is 35.6. The molecule has 0 aromatic rings. The lowest BCUT2D eigenvalue weighted by atomic mass is 10.0. The van der Waals surface area contributed by atoms with Crippen LogP contribution in [-0.4, -0.2) is 41.0 Å². The van der Waals surface area contributed by atoms with E-state index in [0.29, 0.717) is 6.42 Å². The number of halogens is 3. The van der Waals surface area contributed by atoms with E-state index in [-0.39, 0.29) is 13.2 Å². The Labute approximate surface area is 214 Å². The van der Waals surface area contributed by atoms with Crippen molar-refractivity contribution in [1.82, 2.24) is 0 Å². The second-order valence-electron chi connectivity index (χ2n) is 8.36. The van der Waals surface area contributed by atoms with E-state index in [4.69, 9.17) is 49.0 Å². The van der Waals surface area contributed by atoms with Crippen molar-refractivity contribution in [2.75, 3.05) is 13.2 Å². The maximum absolute atomic E-state index is 11.9. The highest BCUT2D eigenvalue weighted by molar-refractivity contribution is 6.75. The van der Waals surface area contributed by atoms with Gasteiger partial charge >= 0.3 is 17.9 Å². The minimum Gasteiger partial charge on any atom is -0.462 e. The lowest BCUT2D eigenvalue weighted by Gasteiger charge is -2.18. The van der Waals surface area contributed by atoms with Crippen LogP contribution in [-0.2, 0) is 28.6 Å². The maximum atomic E-state index is 11.9. The van der Waals surface area contributed by atoms with Crippen molar-refractivity contribution in [2.45, 2.75) is 120 Å². The van der Waals surface area contributed by atoms with Gasteiger partial charge in [-0.1, -0.05) is 125 Å². The summed E-state index contributed by atoms with van der Waals surface area (Å²) in [5.41, 5.74) is 0. The van der Waals surface area contributed by atoms with Crippen molar-refractivity contribution in [2.24, 2.45) is 0 Å². The van der Waals surface area contributed by atoms with Crippen LogP contribution in [0.15, 0.2) is 0 Å². The lowest BCUT2D eigenvalue weighted by molar-refractivity contribution is -0.165. The molecule has 0 N–H and O–H groups in total. The summed E-state index contributed by atoms with van der Waals surface area (Å²) in [6.45, 7) is 2.83. The SMILES string of the molecule is CCCCCCCCCCCCCCCCC(=O)OC[C@H](COC(=O)C(Cl)(Cl)Cl)OC(C)=O. The average Bonchev–Trinajstić information content (AvgIpc) is 2.74. The van der Waals surface area contributed by atoms with Gasteiger partial charge in [-0.3, -0.25) is 9.59 Å². The Morgan fingerprint density at radius 1 is 0.697 bits per heavy atom. The van der Waals surface area contributed by atoms with Crippen molar-refractivity contribution in [3.63, 3.8) is 0 Å². The molecule has 0 aliphatic rings. The number of ether oxygens (including phenoxy) is 3. The summed E-state index contributed by atoms with van der Waals surface area (Å²) < 4.78 is 12.7. The molecule has 0 aliphatic carbocycles. The minimum absolute atomic E-state index is 0.232. The van der Waals surface area contributed by atoms with Crippen LogP contribution < -0.4 is 0 Å². The van der Waals surface area contributed by atoms with Gasteiger partial charge in [-0.25, -0.2) is 4.79 Å². The molecule has 0 unspecified atom stereocenters. The van der Waals surface area contributed by atoms with Crippen LogP contribution in [0.25, 0.3) is 0 Å². The summed E-state index contributed by atoms with van der Waals surface area (Å²) in [4.78, 5) is 34.6. The monoisotopic (exact) mass is 530 g/mol. The quantitative estimate of drug-likeness (QED) is 0.0712. The molecular formula is C24H41Cl3O6. The Morgan fingerprint density at radius 2 is 1.12 bits per heavy atom. The van der Waals surface area contributed by atoms with Crippen LogP contribution in [0.4, 0.5) is 0 Å². The molecule has 33 heavy (non-hydrogen) atoms. The lowest BCUT2D eigenvalue weighted by Crippen LogP contribution is -2.32. The van der Waals surface area contributed by atoms with Crippen molar-refractivity contribution in [1.29, 1.82) is 0 Å². The van der Waals surface area contributed by atoms with Crippen molar-refractivity contribution in [3.05, 3.63) is 0 Å². The van der Waals surface area contributed by atoms with Crippen LogP contribution in [0.5, 0.6) is 0 Å². The zero-order valence-electron chi connectivity index (χ0n) is 20.2. The van der Waals surface area contributed by atoms with Crippen LogP contribution in [0.1, 0.15) is 110 Å². The highest BCUT2D eigenvalue weighted by Crippen LogP contribution is 2.27. The van der Waals surface area contributed by atoms with Gasteiger partial charge in [0.1, 0.15) is 13.2 Å². The molecule has 0 amide bonds. The zero-order valence-corrected chi connectivity index (χ0v) is 22.4. The predicted molar refractivity (Wildman–Crippen MR) is 133 cm³/mol. The summed E-state index contributed by atoms with van der Waals surface area (Å²) in [6.07, 6.45) is 16.7. The average molecular weight is 532 g/mol. The van der Waals surface area contributed by atoms with Crippen LogP contribution >= 0.6 is 34.8 Å². The van der Waals surface area contributed by atoms with E-state index in [0.717, 1.165) is 19.3 Å². The first kappa shape index (κ1) is 32.3. The third-order valence-electron chi connectivity index (χ3n) is 5.13. The van der Waals surface area contributed by atoms with Crippen molar-refractivity contribution >= 4 is 52.7 Å². The fourth-order valence-corrected chi connectivity index (χ4v) is 3.49. The van der Waals surface area contributed by atoms with E-state index in [9.17, 15) is 14.4 Å². The molecule has 0 spiro atoms. The summed E-state index contributed by atoms with van der Waals surface area (Å²) in [5.74, 6) is -2.09. The standard InChI is InChI=1S/C24H41Cl3O6/c1-3-4-5-6-7-8-9-10-11-12-13-14-15-16-17-22(29)31-18-21(33-20(2)28)19-32-23(30)24(25,26)27/h21H,3-19H2,1-2H3/t21-/m1/s1. The van der Waals surface area contributed by atoms with Gasteiger partial charge in [0, 0.05) is 13.3 Å². The Bertz CT molecular complexity index is 537. The van der Waals surface area contributed by atoms with E-state index < -0.39 is 27.8 Å². The van der Waals surface area contributed by atoms with Gasteiger partial charge in [-0.2, -0.15) is 0 Å². The van der Waals surface area contributed by atoms with E-state index in [1.165, 1.54) is 77.6 Å². The summed E-state index contributed by atoms with van der Waals surface area (Å²) in [7, 11) is 0. The van der Waals surface area contributed by atoms with Crippen LogP contribution in [0.3, 0.4) is 0 Å².